The van der Waals surface area contributed by atoms with Crippen molar-refractivity contribution in [3.05, 3.63) is 101 Å². The zero-order valence-electron chi connectivity index (χ0n) is 17.2. The highest BCUT2D eigenvalue weighted by Crippen LogP contribution is 2.37. The Morgan fingerprint density at radius 2 is 1.53 bits per heavy atom. The summed E-state index contributed by atoms with van der Waals surface area (Å²) in [6.45, 7) is 0.758. The van der Waals surface area contributed by atoms with Crippen molar-refractivity contribution in [3.8, 4) is 11.1 Å². The molecule has 3 aromatic carbocycles. The Labute approximate surface area is 182 Å². The van der Waals surface area contributed by atoms with Crippen LogP contribution in [0.5, 0.6) is 0 Å². The van der Waals surface area contributed by atoms with Crippen molar-refractivity contribution in [1.82, 2.24) is 9.88 Å². The minimum absolute atomic E-state index is 0.458. The predicted octanol–water partition coefficient (Wildman–Crippen LogP) is 5.74. The SMILES string of the molecule is CN(C)CCC(O)(c1ccccc1)c1ccc2nc(Cl)cc(-c3ccccc3)c2c1. The first-order chi connectivity index (χ1) is 14.5. The average molecular weight is 417 g/mol. The van der Waals surface area contributed by atoms with Crippen LogP contribution in [-0.4, -0.2) is 35.6 Å². The van der Waals surface area contributed by atoms with Crippen LogP contribution in [0, 0.1) is 0 Å². The maximum Gasteiger partial charge on any atom is 0.130 e. The fourth-order valence-electron chi connectivity index (χ4n) is 3.86. The van der Waals surface area contributed by atoms with E-state index < -0.39 is 5.60 Å². The predicted molar refractivity (Wildman–Crippen MR) is 125 cm³/mol. The minimum Gasteiger partial charge on any atom is -0.380 e. The summed E-state index contributed by atoms with van der Waals surface area (Å²) in [5.74, 6) is 0. The zero-order valence-corrected chi connectivity index (χ0v) is 18.0. The first kappa shape index (κ1) is 20.5. The van der Waals surface area contributed by atoms with Crippen LogP contribution in [0.25, 0.3) is 22.0 Å². The highest BCUT2D eigenvalue weighted by molar-refractivity contribution is 6.30. The third kappa shape index (κ3) is 4.10. The van der Waals surface area contributed by atoms with Gasteiger partial charge in [-0.15, -0.1) is 0 Å². The van der Waals surface area contributed by atoms with Crippen molar-refractivity contribution in [1.29, 1.82) is 0 Å². The van der Waals surface area contributed by atoms with Crippen LogP contribution in [0.3, 0.4) is 0 Å². The van der Waals surface area contributed by atoms with Gasteiger partial charge >= 0.3 is 0 Å². The molecule has 30 heavy (non-hydrogen) atoms. The largest absolute Gasteiger partial charge is 0.380 e. The lowest BCUT2D eigenvalue weighted by atomic mass is 9.82. The first-order valence-corrected chi connectivity index (χ1v) is 10.4. The quantitative estimate of drug-likeness (QED) is 0.407. The normalized spacial score (nSPS) is 13.5. The molecule has 0 spiro atoms. The molecule has 1 heterocycles. The number of rotatable bonds is 6. The van der Waals surface area contributed by atoms with Gasteiger partial charge in [-0.3, -0.25) is 0 Å². The first-order valence-electron chi connectivity index (χ1n) is 10.1. The van der Waals surface area contributed by atoms with Gasteiger partial charge in [0.2, 0.25) is 0 Å². The molecule has 0 amide bonds. The molecule has 0 bridgehead atoms. The molecule has 0 aliphatic rings. The number of pyridine rings is 1. The van der Waals surface area contributed by atoms with Crippen LogP contribution < -0.4 is 0 Å². The van der Waals surface area contributed by atoms with E-state index in [1.165, 1.54) is 0 Å². The Hall–Kier alpha value is -2.72. The van der Waals surface area contributed by atoms with E-state index in [9.17, 15) is 5.11 Å². The van der Waals surface area contributed by atoms with Gasteiger partial charge in [-0.2, -0.15) is 0 Å². The van der Waals surface area contributed by atoms with Crippen molar-refractivity contribution < 1.29 is 5.11 Å². The van der Waals surface area contributed by atoms with Crippen LogP contribution in [0.4, 0.5) is 0 Å². The summed E-state index contributed by atoms with van der Waals surface area (Å²) >= 11 is 6.32. The average Bonchev–Trinajstić information content (AvgIpc) is 2.77. The number of benzene rings is 3. The van der Waals surface area contributed by atoms with E-state index in [0.717, 1.165) is 39.7 Å². The smallest absolute Gasteiger partial charge is 0.130 e. The Morgan fingerprint density at radius 1 is 0.867 bits per heavy atom. The topological polar surface area (TPSA) is 36.4 Å². The number of hydrogen-bond acceptors (Lipinski definition) is 3. The lowest BCUT2D eigenvalue weighted by Gasteiger charge is -2.31. The molecule has 1 unspecified atom stereocenters. The van der Waals surface area contributed by atoms with E-state index in [1.807, 2.05) is 80.8 Å². The van der Waals surface area contributed by atoms with Crippen molar-refractivity contribution in [2.45, 2.75) is 12.0 Å². The molecule has 4 rings (SSSR count). The van der Waals surface area contributed by atoms with Crippen LogP contribution in [0.15, 0.2) is 84.9 Å². The number of hydrogen-bond donors (Lipinski definition) is 1. The molecule has 0 saturated carbocycles. The summed E-state index contributed by atoms with van der Waals surface area (Å²) in [4.78, 5) is 6.60. The molecule has 0 aliphatic carbocycles. The molecular formula is C26H25ClN2O. The number of nitrogens with zero attached hydrogens (tertiary/aromatic N) is 2. The summed E-state index contributed by atoms with van der Waals surface area (Å²) in [7, 11) is 4.04. The molecule has 1 atom stereocenters. The summed E-state index contributed by atoms with van der Waals surface area (Å²) in [5, 5.41) is 13.3. The van der Waals surface area contributed by atoms with Gasteiger partial charge in [-0.1, -0.05) is 78.3 Å². The van der Waals surface area contributed by atoms with Crippen molar-refractivity contribution in [2.24, 2.45) is 0 Å². The molecule has 0 radical (unpaired) electrons. The maximum absolute atomic E-state index is 11.9. The highest BCUT2D eigenvalue weighted by Gasteiger charge is 2.31. The fourth-order valence-corrected chi connectivity index (χ4v) is 4.06. The molecular weight excluding hydrogens is 392 g/mol. The van der Waals surface area contributed by atoms with Gasteiger partial charge in [0.05, 0.1) is 5.52 Å². The zero-order chi connectivity index (χ0) is 21.1. The second-order valence-corrected chi connectivity index (χ2v) is 8.26. The molecule has 1 aromatic heterocycles. The minimum atomic E-state index is -1.10. The molecule has 0 saturated heterocycles. The van der Waals surface area contributed by atoms with Gasteiger partial charge in [0.1, 0.15) is 10.8 Å². The highest BCUT2D eigenvalue weighted by atomic mass is 35.5. The van der Waals surface area contributed by atoms with Crippen LogP contribution in [0.1, 0.15) is 17.5 Å². The fraction of sp³-hybridized carbons (Fsp3) is 0.192. The van der Waals surface area contributed by atoms with Gasteiger partial charge in [-0.05, 0) is 61.0 Å². The lowest BCUT2D eigenvalue weighted by Crippen LogP contribution is -2.31. The van der Waals surface area contributed by atoms with E-state index in [-0.39, 0.29) is 0 Å². The van der Waals surface area contributed by atoms with Crippen molar-refractivity contribution in [2.75, 3.05) is 20.6 Å². The van der Waals surface area contributed by atoms with Crippen LogP contribution in [0.2, 0.25) is 5.15 Å². The van der Waals surface area contributed by atoms with Crippen molar-refractivity contribution >= 4 is 22.5 Å². The second-order valence-electron chi connectivity index (χ2n) is 7.87. The second kappa shape index (κ2) is 8.57. The third-order valence-corrected chi connectivity index (χ3v) is 5.71. The summed E-state index contributed by atoms with van der Waals surface area (Å²) in [6.07, 6.45) is 0.581. The molecule has 1 N–H and O–H groups in total. The Kier molecular flexibility index (Phi) is 5.87. The number of halogens is 1. The monoisotopic (exact) mass is 416 g/mol. The summed E-state index contributed by atoms with van der Waals surface area (Å²) < 4.78 is 0. The Morgan fingerprint density at radius 3 is 2.20 bits per heavy atom. The van der Waals surface area contributed by atoms with E-state index >= 15 is 0 Å². The number of aliphatic hydroxyl groups is 1. The maximum atomic E-state index is 11.9. The molecule has 3 nitrogen and oxygen atoms in total. The van der Waals surface area contributed by atoms with Crippen molar-refractivity contribution in [3.63, 3.8) is 0 Å². The number of aromatic nitrogens is 1. The van der Waals surface area contributed by atoms with Crippen LogP contribution >= 0.6 is 11.6 Å². The third-order valence-electron chi connectivity index (χ3n) is 5.51. The summed E-state index contributed by atoms with van der Waals surface area (Å²) in [6, 6.07) is 27.9. The van der Waals surface area contributed by atoms with Gasteiger partial charge in [-0.25, -0.2) is 4.98 Å². The number of fused-ring (bicyclic) bond motifs is 1. The Balaban J connectivity index is 1.91. The van der Waals surface area contributed by atoms with Gasteiger partial charge in [0.15, 0.2) is 0 Å². The summed E-state index contributed by atoms with van der Waals surface area (Å²) in [5.41, 5.74) is 3.52. The molecule has 0 aliphatic heterocycles. The molecule has 0 fully saturated rings. The van der Waals surface area contributed by atoms with Gasteiger partial charge in [0.25, 0.3) is 0 Å². The Bertz CT molecular complexity index is 1150. The molecule has 4 aromatic rings. The van der Waals surface area contributed by atoms with E-state index in [4.69, 9.17) is 11.6 Å². The van der Waals surface area contributed by atoms with E-state index in [2.05, 4.69) is 28.1 Å². The standard InChI is InChI=1S/C26H25ClN2O/c1-29(2)16-15-26(30,20-11-7-4-8-12-20)21-13-14-24-23(17-21)22(18-25(27)28-24)19-9-5-3-6-10-19/h3-14,17-18,30H,15-16H2,1-2H3. The van der Waals surface area contributed by atoms with E-state index in [1.54, 1.807) is 0 Å². The van der Waals surface area contributed by atoms with Gasteiger partial charge < -0.3 is 10.0 Å². The molecule has 152 valence electrons. The van der Waals surface area contributed by atoms with E-state index in [0.29, 0.717) is 11.6 Å². The lowest BCUT2D eigenvalue weighted by molar-refractivity contribution is 0.0630. The van der Waals surface area contributed by atoms with Gasteiger partial charge in [0, 0.05) is 11.9 Å². The molecule has 4 heteroatoms. The van der Waals surface area contributed by atoms with Crippen LogP contribution in [-0.2, 0) is 5.60 Å².